The predicted molar refractivity (Wildman–Crippen MR) is 71.8 cm³/mol. The fourth-order valence-corrected chi connectivity index (χ4v) is 1.57. The van der Waals surface area contributed by atoms with Crippen LogP contribution in [-0.4, -0.2) is 28.1 Å². The molecule has 2 aromatic heterocycles. The minimum Gasteiger partial charge on any atom is -0.479 e. The van der Waals surface area contributed by atoms with Gasteiger partial charge in [-0.25, -0.2) is 9.78 Å². The average Bonchev–Trinajstić information content (AvgIpc) is 2.98. The van der Waals surface area contributed by atoms with Crippen LogP contribution in [0.15, 0.2) is 41.1 Å². The summed E-state index contributed by atoms with van der Waals surface area (Å²) < 4.78 is 10.5. The number of furan rings is 1. The van der Waals surface area contributed by atoms with Gasteiger partial charge >= 0.3 is 5.97 Å². The van der Waals surface area contributed by atoms with E-state index in [0.717, 1.165) is 0 Å². The Morgan fingerprint density at radius 2 is 2.24 bits per heavy atom. The van der Waals surface area contributed by atoms with E-state index in [1.54, 1.807) is 19.1 Å². The first-order valence-electron chi connectivity index (χ1n) is 6.22. The van der Waals surface area contributed by atoms with Crippen molar-refractivity contribution in [2.75, 3.05) is 0 Å². The Morgan fingerprint density at radius 3 is 2.81 bits per heavy atom. The Balaban J connectivity index is 1.86. The number of carboxylic acids is 1. The number of carboxylic acid groups (broad SMARTS) is 1. The summed E-state index contributed by atoms with van der Waals surface area (Å²) in [6, 6.07) is 6.25. The standard InChI is InChI=1S/C14H14N2O5/c1-9(13(17)16-7-10-3-2-6-20-10)21-11-4-5-12(14(18)19)15-8-11/h2-6,8-9H,7H2,1H3,(H,16,17)(H,18,19). The number of ether oxygens (including phenoxy) is 1. The topological polar surface area (TPSA) is 102 Å². The van der Waals surface area contributed by atoms with Crippen LogP contribution < -0.4 is 10.1 Å². The molecule has 0 spiro atoms. The number of nitrogens with one attached hydrogen (secondary N) is 1. The highest BCUT2D eigenvalue weighted by Crippen LogP contribution is 2.11. The first-order valence-corrected chi connectivity index (χ1v) is 6.22. The lowest BCUT2D eigenvalue weighted by molar-refractivity contribution is -0.127. The molecular formula is C14H14N2O5. The van der Waals surface area contributed by atoms with E-state index in [1.165, 1.54) is 24.6 Å². The maximum absolute atomic E-state index is 11.8. The number of pyridine rings is 1. The van der Waals surface area contributed by atoms with Crippen LogP contribution in [0.25, 0.3) is 0 Å². The Hall–Kier alpha value is -2.83. The highest BCUT2D eigenvalue weighted by molar-refractivity contribution is 5.85. The number of aromatic carboxylic acids is 1. The summed E-state index contributed by atoms with van der Waals surface area (Å²) in [5.41, 5.74) is -0.0859. The molecule has 0 aliphatic rings. The van der Waals surface area contributed by atoms with Gasteiger partial charge < -0.3 is 19.6 Å². The molecule has 2 aromatic rings. The van der Waals surface area contributed by atoms with E-state index in [0.29, 0.717) is 11.5 Å². The van der Waals surface area contributed by atoms with Gasteiger partial charge in [0.05, 0.1) is 19.0 Å². The SMILES string of the molecule is CC(Oc1ccc(C(=O)O)nc1)C(=O)NCc1ccco1. The van der Waals surface area contributed by atoms with Gasteiger partial charge in [0.1, 0.15) is 17.2 Å². The maximum Gasteiger partial charge on any atom is 0.354 e. The number of hydrogen-bond acceptors (Lipinski definition) is 5. The van der Waals surface area contributed by atoms with Crippen molar-refractivity contribution in [2.45, 2.75) is 19.6 Å². The molecule has 110 valence electrons. The van der Waals surface area contributed by atoms with E-state index in [2.05, 4.69) is 10.3 Å². The van der Waals surface area contributed by atoms with Crippen molar-refractivity contribution in [3.63, 3.8) is 0 Å². The van der Waals surface area contributed by atoms with Gasteiger partial charge in [-0.2, -0.15) is 0 Å². The zero-order valence-electron chi connectivity index (χ0n) is 11.3. The molecule has 2 heterocycles. The molecule has 0 radical (unpaired) electrons. The molecule has 1 unspecified atom stereocenters. The van der Waals surface area contributed by atoms with Crippen molar-refractivity contribution < 1.29 is 23.8 Å². The van der Waals surface area contributed by atoms with Crippen LogP contribution in [0.5, 0.6) is 5.75 Å². The third-order valence-electron chi connectivity index (χ3n) is 2.65. The summed E-state index contributed by atoms with van der Waals surface area (Å²) in [7, 11) is 0. The van der Waals surface area contributed by atoms with E-state index in [4.69, 9.17) is 14.3 Å². The summed E-state index contributed by atoms with van der Waals surface area (Å²) in [6.45, 7) is 1.86. The molecule has 0 bridgehead atoms. The zero-order chi connectivity index (χ0) is 15.2. The second-order valence-electron chi connectivity index (χ2n) is 4.24. The van der Waals surface area contributed by atoms with E-state index in [1.807, 2.05) is 0 Å². The number of rotatable bonds is 6. The average molecular weight is 290 g/mol. The molecule has 1 atom stereocenters. The first kappa shape index (κ1) is 14.6. The molecule has 0 aliphatic heterocycles. The first-order chi connectivity index (χ1) is 10.1. The minimum atomic E-state index is -1.12. The van der Waals surface area contributed by atoms with Crippen molar-refractivity contribution >= 4 is 11.9 Å². The smallest absolute Gasteiger partial charge is 0.354 e. The van der Waals surface area contributed by atoms with Crippen LogP contribution in [-0.2, 0) is 11.3 Å². The van der Waals surface area contributed by atoms with E-state index in [9.17, 15) is 9.59 Å². The van der Waals surface area contributed by atoms with Crippen LogP contribution in [0.4, 0.5) is 0 Å². The molecule has 0 aromatic carbocycles. The third-order valence-corrected chi connectivity index (χ3v) is 2.65. The molecule has 7 heteroatoms. The largest absolute Gasteiger partial charge is 0.479 e. The molecule has 0 saturated carbocycles. The fourth-order valence-electron chi connectivity index (χ4n) is 1.57. The van der Waals surface area contributed by atoms with Crippen molar-refractivity contribution in [3.05, 3.63) is 48.2 Å². The molecule has 2 rings (SSSR count). The third kappa shape index (κ3) is 4.07. The van der Waals surface area contributed by atoms with Gasteiger partial charge in [0.2, 0.25) is 0 Å². The summed E-state index contributed by atoms with van der Waals surface area (Å²) in [4.78, 5) is 26.2. The van der Waals surface area contributed by atoms with Crippen LogP contribution in [0, 0.1) is 0 Å². The van der Waals surface area contributed by atoms with Crippen molar-refractivity contribution in [1.82, 2.24) is 10.3 Å². The molecular weight excluding hydrogens is 276 g/mol. The van der Waals surface area contributed by atoms with Gasteiger partial charge in [0.25, 0.3) is 5.91 Å². The van der Waals surface area contributed by atoms with Crippen molar-refractivity contribution in [1.29, 1.82) is 0 Å². The highest BCUT2D eigenvalue weighted by Gasteiger charge is 2.15. The lowest BCUT2D eigenvalue weighted by Gasteiger charge is -2.14. The van der Waals surface area contributed by atoms with Crippen LogP contribution in [0.1, 0.15) is 23.2 Å². The molecule has 7 nitrogen and oxygen atoms in total. The lowest BCUT2D eigenvalue weighted by Crippen LogP contribution is -2.35. The van der Waals surface area contributed by atoms with Gasteiger partial charge in [-0.3, -0.25) is 4.79 Å². The number of carbonyl (C=O) groups excluding carboxylic acids is 1. The van der Waals surface area contributed by atoms with Gasteiger partial charge in [-0.15, -0.1) is 0 Å². The quantitative estimate of drug-likeness (QED) is 0.835. The minimum absolute atomic E-state index is 0.0859. The number of nitrogens with zero attached hydrogens (tertiary/aromatic N) is 1. The zero-order valence-corrected chi connectivity index (χ0v) is 11.3. The lowest BCUT2D eigenvalue weighted by atomic mass is 10.3. The Kier molecular flexibility index (Phi) is 4.55. The molecule has 21 heavy (non-hydrogen) atoms. The van der Waals surface area contributed by atoms with Gasteiger partial charge in [-0.05, 0) is 31.2 Å². The maximum atomic E-state index is 11.8. The Morgan fingerprint density at radius 1 is 1.43 bits per heavy atom. The Bertz CT molecular complexity index is 607. The van der Waals surface area contributed by atoms with E-state index >= 15 is 0 Å². The van der Waals surface area contributed by atoms with Gasteiger partial charge in [-0.1, -0.05) is 0 Å². The molecule has 0 fully saturated rings. The summed E-state index contributed by atoms with van der Waals surface area (Å²) in [6.07, 6.45) is 2.05. The molecule has 0 aliphatic carbocycles. The van der Waals surface area contributed by atoms with Gasteiger partial charge in [0.15, 0.2) is 6.10 Å². The number of amides is 1. The predicted octanol–water partition coefficient (Wildman–Crippen LogP) is 1.46. The summed E-state index contributed by atoms with van der Waals surface area (Å²) >= 11 is 0. The van der Waals surface area contributed by atoms with Crippen molar-refractivity contribution in [2.24, 2.45) is 0 Å². The summed E-state index contributed by atoms with van der Waals surface area (Å²) in [5, 5.41) is 11.4. The van der Waals surface area contributed by atoms with E-state index < -0.39 is 12.1 Å². The fraction of sp³-hybridized carbons (Fsp3) is 0.214. The van der Waals surface area contributed by atoms with Gasteiger partial charge in [0, 0.05) is 0 Å². The summed E-state index contributed by atoms with van der Waals surface area (Å²) in [5.74, 6) is -0.469. The van der Waals surface area contributed by atoms with Crippen LogP contribution in [0.3, 0.4) is 0 Å². The number of aromatic nitrogens is 1. The van der Waals surface area contributed by atoms with E-state index in [-0.39, 0.29) is 18.1 Å². The van der Waals surface area contributed by atoms with Crippen molar-refractivity contribution in [3.8, 4) is 5.75 Å². The number of carbonyl (C=O) groups is 2. The molecule has 1 amide bonds. The second kappa shape index (κ2) is 6.56. The number of hydrogen-bond donors (Lipinski definition) is 2. The molecule has 0 saturated heterocycles. The van der Waals surface area contributed by atoms with Crippen LogP contribution >= 0.6 is 0 Å². The highest BCUT2D eigenvalue weighted by atomic mass is 16.5. The molecule has 2 N–H and O–H groups in total. The normalized spacial score (nSPS) is 11.7. The van der Waals surface area contributed by atoms with Crippen LogP contribution in [0.2, 0.25) is 0 Å². The second-order valence-corrected chi connectivity index (χ2v) is 4.24. The monoisotopic (exact) mass is 290 g/mol. The Labute approximate surface area is 120 Å².